The van der Waals surface area contributed by atoms with E-state index in [0.717, 1.165) is 31.7 Å². The van der Waals surface area contributed by atoms with Gasteiger partial charge < -0.3 is 11.1 Å². The van der Waals surface area contributed by atoms with Crippen LogP contribution < -0.4 is 11.1 Å². The van der Waals surface area contributed by atoms with Crippen molar-refractivity contribution in [3.63, 3.8) is 0 Å². The van der Waals surface area contributed by atoms with Gasteiger partial charge in [-0.1, -0.05) is 53.6 Å². The summed E-state index contributed by atoms with van der Waals surface area (Å²) in [6.07, 6.45) is -0.802. The van der Waals surface area contributed by atoms with E-state index in [1.165, 1.54) is 12.1 Å². The summed E-state index contributed by atoms with van der Waals surface area (Å²) in [6.45, 7) is 1.75. The lowest BCUT2D eigenvalue weighted by molar-refractivity contribution is -0.137. The van der Waals surface area contributed by atoms with Gasteiger partial charge in [-0.05, 0) is 30.8 Å². The first kappa shape index (κ1) is 24.4. The molecule has 0 amide bonds. The minimum Gasteiger partial charge on any atom is -0.327 e. The summed E-state index contributed by atoms with van der Waals surface area (Å²) in [5, 5.41) is 9.69. The predicted molar refractivity (Wildman–Crippen MR) is 126 cm³/mol. The first-order chi connectivity index (χ1) is 15.3. The normalized spacial score (nSPS) is 18.6. The van der Waals surface area contributed by atoms with Crippen molar-refractivity contribution >= 4 is 34.4 Å². The number of alkyl halides is 4. The highest BCUT2D eigenvalue weighted by molar-refractivity contribution is 14.1. The van der Waals surface area contributed by atoms with Crippen LogP contribution in [0.2, 0.25) is 0 Å². The molecule has 11 heteroatoms. The molecule has 7 nitrogen and oxygen atoms in total. The molecule has 0 bridgehead atoms. The second-order valence-electron chi connectivity index (χ2n) is 7.47. The quantitative estimate of drug-likeness (QED) is 0.293. The number of hydrogen-bond donors (Lipinski definition) is 3. The van der Waals surface area contributed by atoms with Gasteiger partial charge in [-0.3, -0.25) is 5.10 Å². The van der Waals surface area contributed by atoms with Crippen LogP contribution in [0.25, 0.3) is 11.4 Å². The first-order valence-corrected chi connectivity index (χ1v) is 12.3. The molecule has 1 aliphatic rings. The van der Waals surface area contributed by atoms with Crippen molar-refractivity contribution < 1.29 is 13.2 Å². The predicted octanol–water partition coefficient (Wildman–Crippen LogP) is 5.37. The van der Waals surface area contributed by atoms with Crippen molar-refractivity contribution in [1.82, 2.24) is 25.1 Å². The Bertz CT molecular complexity index is 1040. The molecule has 3 aromatic rings. The monoisotopic (exact) mass is 559 g/mol. The smallest absolute Gasteiger partial charge is 0.327 e. The molecule has 2 heterocycles. The molecule has 2 aromatic heterocycles. The Morgan fingerprint density at radius 1 is 1.09 bits per heavy atom. The van der Waals surface area contributed by atoms with Crippen LogP contribution in [0.5, 0.6) is 0 Å². The number of benzene rings is 1. The Balaban J connectivity index is 0.00000141. The van der Waals surface area contributed by atoms with Crippen LogP contribution >= 0.6 is 22.6 Å². The third-order valence-corrected chi connectivity index (χ3v) is 5.26. The van der Waals surface area contributed by atoms with Gasteiger partial charge in [0.15, 0.2) is 5.82 Å². The Kier molecular flexibility index (Phi) is 8.04. The van der Waals surface area contributed by atoms with Gasteiger partial charge in [0.1, 0.15) is 11.6 Å². The zero-order chi connectivity index (χ0) is 23.3. The van der Waals surface area contributed by atoms with Gasteiger partial charge in [-0.2, -0.15) is 18.2 Å². The minimum absolute atomic E-state index is 0.00652. The van der Waals surface area contributed by atoms with Crippen LogP contribution in [0, 0.1) is 6.92 Å². The van der Waals surface area contributed by atoms with Gasteiger partial charge in [0.2, 0.25) is 5.95 Å². The Labute approximate surface area is 198 Å². The molecule has 1 aliphatic carbocycles. The fourth-order valence-corrected chi connectivity index (χ4v) is 3.81. The summed E-state index contributed by atoms with van der Waals surface area (Å²) in [7, 11) is 0. The van der Waals surface area contributed by atoms with E-state index in [1.807, 2.05) is 4.93 Å². The average Bonchev–Trinajstić information content (AvgIpc) is 3.19. The van der Waals surface area contributed by atoms with E-state index in [-0.39, 0.29) is 29.3 Å². The van der Waals surface area contributed by atoms with Crippen LogP contribution in [0.15, 0.2) is 30.3 Å². The summed E-state index contributed by atoms with van der Waals surface area (Å²) in [4.78, 5) is 15.0. The van der Waals surface area contributed by atoms with Crippen LogP contribution in [0.3, 0.4) is 0 Å². The Hall–Kier alpha value is -2.28. The summed E-state index contributed by atoms with van der Waals surface area (Å²) in [6, 6.07) is 6.92. The minimum atomic E-state index is -4.52. The fourth-order valence-electron chi connectivity index (χ4n) is 3.81. The maximum atomic E-state index is 13.6. The highest BCUT2D eigenvalue weighted by Crippen LogP contribution is 2.38. The van der Waals surface area contributed by atoms with Gasteiger partial charge in [-0.25, -0.2) is 9.97 Å². The van der Waals surface area contributed by atoms with Crippen LogP contribution in [0.4, 0.5) is 24.9 Å². The van der Waals surface area contributed by atoms with Crippen LogP contribution in [-0.4, -0.2) is 36.1 Å². The molecule has 0 aliphatic heterocycles. The van der Waals surface area contributed by atoms with Crippen molar-refractivity contribution in [3.05, 3.63) is 47.4 Å². The topological polar surface area (TPSA) is 105 Å². The number of halogens is 4. The van der Waals surface area contributed by atoms with E-state index in [2.05, 4.69) is 53.1 Å². The Morgan fingerprint density at radius 2 is 1.81 bits per heavy atom. The molecule has 1 aromatic carbocycles. The molecule has 0 spiro atoms. The molecule has 172 valence electrons. The van der Waals surface area contributed by atoms with Crippen LogP contribution in [0.1, 0.15) is 48.7 Å². The maximum Gasteiger partial charge on any atom is 0.417 e. The lowest BCUT2D eigenvalue weighted by Gasteiger charge is -2.28. The number of aromatic nitrogens is 5. The number of rotatable bonds is 4. The second-order valence-corrected chi connectivity index (χ2v) is 7.47. The molecule has 2 atom stereocenters. The third kappa shape index (κ3) is 5.74. The molecule has 4 rings (SSSR count). The van der Waals surface area contributed by atoms with Crippen LogP contribution in [-0.2, 0) is 6.18 Å². The van der Waals surface area contributed by atoms with E-state index in [0.29, 0.717) is 17.3 Å². The van der Waals surface area contributed by atoms with E-state index in [9.17, 15) is 13.2 Å². The van der Waals surface area contributed by atoms with Crippen molar-refractivity contribution in [1.29, 1.82) is 0 Å². The lowest BCUT2D eigenvalue weighted by Crippen LogP contribution is -2.32. The summed E-state index contributed by atoms with van der Waals surface area (Å²) >= 11 is 2.15. The second kappa shape index (κ2) is 10.6. The highest BCUT2D eigenvalue weighted by atomic mass is 127. The van der Waals surface area contributed by atoms with E-state index >= 15 is 0 Å². The molecular weight excluding hydrogens is 534 g/mol. The maximum absolute atomic E-state index is 13.6. The number of aromatic amines is 1. The average molecular weight is 559 g/mol. The molecular formula is C21H25F3IN7. The van der Waals surface area contributed by atoms with E-state index < -0.39 is 11.7 Å². The van der Waals surface area contributed by atoms with E-state index in [1.54, 1.807) is 19.1 Å². The number of H-pyrrole nitrogens is 1. The van der Waals surface area contributed by atoms with Crippen molar-refractivity contribution in [2.75, 3.05) is 10.2 Å². The third-order valence-electron chi connectivity index (χ3n) is 5.26. The highest BCUT2D eigenvalue weighted by Gasteiger charge is 2.34. The van der Waals surface area contributed by atoms with E-state index in [4.69, 9.17) is 5.73 Å². The van der Waals surface area contributed by atoms with Gasteiger partial charge in [0, 0.05) is 23.6 Å². The number of anilines is 2. The van der Waals surface area contributed by atoms with Crippen molar-refractivity contribution in [3.8, 4) is 11.4 Å². The molecule has 0 saturated heterocycles. The standard InChI is InChI=1S/C20H22F3N7.CH3I/c1-11-25-19(30-29-11)28-17-10-16(13-7-3-5-9-15(13)24)26-18(27-17)12-6-2-4-8-14(12)20(21,22)23;1-2/h2,4,6,8,10,13,15H,3,5,7,9,24H2,1H3,(H2,25,26,27,28,29,30);1H3. The summed E-state index contributed by atoms with van der Waals surface area (Å²) < 4.78 is 40.8. The molecule has 2 unspecified atom stereocenters. The molecule has 0 radical (unpaired) electrons. The van der Waals surface area contributed by atoms with Gasteiger partial charge in [-0.15, -0.1) is 5.10 Å². The SMILES string of the molecule is CI.Cc1nc(Nc2cc(C3CCCCC3N)nc(-c3ccccc3C(F)(F)F)n2)n[nH]1. The van der Waals surface area contributed by atoms with Gasteiger partial charge in [0.25, 0.3) is 0 Å². The van der Waals surface area contributed by atoms with Gasteiger partial charge in [0.05, 0.1) is 11.3 Å². The largest absolute Gasteiger partial charge is 0.417 e. The first-order valence-electron chi connectivity index (χ1n) is 10.2. The zero-order valence-electron chi connectivity index (χ0n) is 17.7. The molecule has 1 fully saturated rings. The number of nitrogens with zero attached hydrogens (tertiary/aromatic N) is 4. The number of nitrogens with two attached hydrogens (primary N) is 1. The molecule has 32 heavy (non-hydrogen) atoms. The number of nitrogens with one attached hydrogen (secondary N) is 2. The Morgan fingerprint density at radius 3 is 2.47 bits per heavy atom. The summed E-state index contributed by atoms with van der Waals surface area (Å²) in [5.74, 6) is 1.15. The molecule has 4 N–H and O–H groups in total. The molecule has 1 saturated carbocycles. The van der Waals surface area contributed by atoms with Crippen molar-refractivity contribution in [2.45, 2.75) is 50.7 Å². The van der Waals surface area contributed by atoms with Gasteiger partial charge >= 0.3 is 6.18 Å². The lowest BCUT2D eigenvalue weighted by atomic mass is 9.83. The van der Waals surface area contributed by atoms with Crippen molar-refractivity contribution in [2.24, 2.45) is 5.73 Å². The number of hydrogen-bond acceptors (Lipinski definition) is 6. The number of aryl methyl sites for hydroxylation is 1. The fraction of sp³-hybridized carbons (Fsp3) is 0.429. The zero-order valence-corrected chi connectivity index (χ0v) is 19.9. The summed E-state index contributed by atoms with van der Waals surface area (Å²) in [5.41, 5.74) is 6.08.